The van der Waals surface area contributed by atoms with E-state index in [1.165, 1.54) is 45.0 Å². The van der Waals surface area contributed by atoms with E-state index in [-0.39, 0.29) is 24.0 Å². The van der Waals surface area contributed by atoms with Crippen LogP contribution in [0.2, 0.25) is 0 Å². The lowest BCUT2D eigenvalue weighted by atomic mass is 10.2. The lowest BCUT2D eigenvalue weighted by Crippen LogP contribution is -3.00. The van der Waals surface area contributed by atoms with Gasteiger partial charge in [-0.25, -0.2) is 0 Å². The quantitative estimate of drug-likeness (QED) is 0.188. The first-order valence-corrected chi connectivity index (χ1v) is 14.4. The van der Waals surface area contributed by atoms with Crippen LogP contribution in [0.25, 0.3) is 0 Å². The molecule has 0 aliphatic carbocycles. The minimum absolute atomic E-state index is 0. The Morgan fingerprint density at radius 3 is 0.658 bits per heavy atom. The monoisotopic (exact) mass is 638 g/mol. The molecule has 0 heterocycles. The summed E-state index contributed by atoms with van der Waals surface area (Å²) >= 11 is 0. The Bertz CT molecular complexity index is 1090. The molecule has 0 aliphatic rings. The first kappa shape index (κ1) is 29.8. The van der Waals surface area contributed by atoms with E-state index in [1.807, 2.05) is 0 Å². The van der Waals surface area contributed by atoms with E-state index in [4.69, 9.17) is 0 Å². The van der Waals surface area contributed by atoms with E-state index >= 15 is 0 Å². The summed E-state index contributed by atoms with van der Waals surface area (Å²) in [5, 5.41) is 0. The van der Waals surface area contributed by atoms with Crippen LogP contribution in [0.15, 0.2) is 97.1 Å². The van der Waals surface area contributed by atoms with E-state index in [0.717, 1.165) is 0 Å². The highest BCUT2D eigenvalue weighted by molar-refractivity contribution is 7.81. The van der Waals surface area contributed by atoms with Crippen LogP contribution in [-0.2, 0) is 0 Å². The summed E-state index contributed by atoms with van der Waals surface area (Å²) in [6, 6.07) is 35.5. The number of hydrogen-bond donors (Lipinski definition) is 0. The fourth-order valence-electron chi connectivity index (χ4n) is 4.87. The summed E-state index contributed by atoms with van der Waals surface area (Å²) in [6.45, 7) is 8.56. The van der Waals surface area contributed by atoms with Gasteiger partial charge in [0.1, 0.15) is 0 Å². The summed E-state index contributed by atoms with van der Waals surface area (Å²) in [5.74, 6) is 0. The Hall–Kier alpha value is -2.76. The topological polar surface area (TPSA) is 13.0 Å². The molecular formula is C32H40IN4P. The highest BCUT2D eigenvalue weighted by Crippen LogP contribution is 2.71. The summed E-state index contributed by atoms with van der Waals surface area (Å²) in [5.41, 5.74) is 9.73. The van der Waals surface area contributed by atoms with Crippen LogP contribution in [0.5, 0.6) is 0 Å². The van der Waals surface area contributed by atoms with Gasteiger partial charge in [-0.1, -0.05) is 70.8 Å². The van der Waals surface area contributed by atoms with Gasteiger partial charge in [0.15, 0.2) is 0 Å². The van der Waals surface area contributed by atoms with Gasteiger partial charge in [0.2, 0.25) is 0 Å². The Morgan fingerprint density at radius 1 is 0.342 bits per heavy atom. The van der Waals surface area contributed by atoms with Gasteiger partial charge in [0.05, 0.1) is 22.7 Å². The molecule has 0 saturated carbocycles. The maximum Gasteiger partial charge on any atom is 0.404 e. The van der Waals surface area contributed by atoms with E-state index in [0.29, 0.717) is 0 Å². The van der Waals surface area contributed by atoms with Gasteiger partial charge in [0.25, 0.3) is 0 Å². The fraction of sp³-hybridized carbons (Fsp3) is 0.250. The average Bonchev–Trinajstić information content (AvgIpc) is 2.90. The first-order valence-electron chi connectivity index (χ1n) is 12.8. The standard InChI is InChI=1S/C32H40N4P.HI/c1-25-9-17-29(18-10-25)33(5)37(34(6)30-19-11-26(2)12-20-30,35(7)31-21-13-27(3)14-22-31)36(8)32-23-15-28(4)16-24-32;/h9-24H,1-8H3;1H/q+1;/p-1. The zero-order chi connectivity index (χ0) is 26.7. The molecule has 4 aromatic carbocycles. The number of nitrogens with zero attached hydrogens (tertiary/aromatic N) is 4. The SMILES string of the molecule is Cc1ccc(N(C)[P+](N(C)c2ccc(C)cc2)(N(C)c2ccc(C)cc2)N(C)c2ccc(C)cc2)cc1.[I-]. The number of hydrogen-bond acceptors (Lipinski definition) is 4. The van der Waals surface area contributed by atoms with Gasteiger partial charge in [-0.2, -0.15) is 18.7 Å². The van der Waals surface area contributed by atoms with Crippen LogP contribution in [-0.4, -0.2) is 28.2 Å². The van der Waals surface area contributed by atoms with Gasteiger partial charge in [-0.05, 0) is 76.2 Å². The molecule has 0 saturated heterocycles. The number of anilines is 4. The van der Waals surface area contributed by atoms with Gasteiger partial charge < -0.3 is 24.0 Å². The van der Waals surface area contributed by atoms with Crippen molar-refractivity contribution >= 4 is 30.6 Å². The second-order valence-corrected chi connectivity index (χ2v) is 13.4. The number of halogens is 1. The van der Waals surface area contributed by atoms with Crippen molar-refractivity contribution in [1.29, 1.82) is 0 Å². The summed E-state index contributed by atoms with van der Waals surface area (Å²) < 4.78 is 9.91. The maximum atomic E-state index is 2.48. The molecule has 4 nitrogen and oxygen atoms in total. The first-order chi connectivity index (χ1) is 17.6. The molecule has 0 amide bonds. The van der Waals surface area contributed by atoms with Crippen LogP contribution in [0, 0.1) is 27.7 Å². The van der Waals surface area contributed by atoms with Crippen molar-refractivity contribution in [2.24, 2.45) is 0 Å². The molecule has 4 aromatic rings. The summed E-state index contributed by atoms with van der Waals surface area (Å²) in [4.78, 5) is 0. The molecule has 0 spiro atoms. The van der Waals surface area contributed by atoms with E-state index in [1.54, 1.807) is 0 Å². The van der Waals surface area contributed by atoms with E-state index in [2.05, 4.69) is 172 Å². The van der Waals surface area contributed by atoms with Crippen LogP contribution in [0.4, 0.5) is 22.7 Å². The lowest BCUT2D eigenvalue weighted by Gasteiger charge is -2.49. The molecule has 6 heteroatoms. The minimum Gasteiger partial charge on any atom is -1.00 e. The molecule has 200 valence electrons. The molecule has 4 rings (SSSR count). The predicted octanol–water partition coefficient (Wildman–Crippen LogP) is 5.45. The highest BCUT2D eigenvalue weighted by Gasteiger charge is 2.58. The molecular weight excluding hydrogens is 598 g/mol. The van der Waals surface area contributed by atoms with Crippen LogP contribution in [0.1, 0.15) is 22.3 Å². The van der Waals surface area contributed by atoms with Crippen molar-refractivity contribution in [1.82, 2.24) is 0 Å². The van der Waals surface area contributed by atoms with Gasteiger partial charge >= 0.3 is 7.87 Å². The summed E-state index contributed by atoms with van der Waals surface area (Å²) in [6.07, 6.45) is 0. The summed E-state index contributed by atoms with van der Waals surface area (Å²) in [7, 11) is 6.46. The Morgan fingerprint density at radius 2 is 0.500 bits per heavy atom. The Labute approximate surface area is 247 Å². The normalized spacial score (nSPS) is 10.9. The van der Waals surface area contributed by atoms with Gasteiger partial charge in [-0.3, -0.25) is 0 Å². The second-order valence-electron chi connectivity index (χ2n) is 9.97. The van der Waals surface area contributed by atoms with Crippen LogP contribution < -0.4 is 42.7 Å². The largest absolute Gasteiger partial charge is 1.00 e. The lowest BCUT2D eigenvalue weighted by molar-refractivity contribution is -0.00000773. The van der Waals surface area contributed by atoms with E-state index in [9.17, 15) is 0 Å². The van der Waals surface area contributed by atoms with Crippen LogP contribution in [0.3, 0.4) is 0 Å². The minimum atomic E-state index is -2.48. The third-order valence-electron chi connectivity index (χ3n) is 7.24. The third kappa shape index (κ3) is 5.79. The molecule has 0 aromatic heterocycles. The predicted molar refractivity (Wildman–Crippen MR) is 165 cm³/mol. The van der Waals surface area contributed by atoms with Crippen molar-refractivity contribution in [3.8, 4) is 0 Å². The third-order valence-corrected chi connectivity index (χ3v) is 11.4. The van der Waals surface area contributed by atoms with Crippen molar-refractivity contribution in [3.05, 3.63) is 119 Å². The average molecular weight is 639 g/mol. The molecule has 0 radical (unpaired) electrons. The molecule has 0 N–H and O–H groups in total. The van der Waals surface area contributed by atoms with Crippen LogP contribution >= 0.6 is 7.87 Å². The van der Waals surface area contributed by atoms with Gasteiger partial charge in [0, 0.05) is 28.2 Å². The Balaban J connectivity index is 0.00000400. The van der Waals surface area contributed by atoms with Crippen molar-refractivity contribution in [2.75, 3.05) is 46.9 Å². The molecule has 0 atom stereocenters. The van der Waals surface area contributed by atoms with Gasteiger partial charge in [-0.15, -0.1) is 0 Å². The highest BCUT2D eigenvalue weighted by atomic mass is 127. The molecule has 0 bridgehead atoms. The fourth-order valence-corrected chi connectivity index (χ4v) is 9.06. The molecule has 38 heavy (non-hydrogen) atoms. The number of rotatable bonds is 8. The molecule has 0 unspecified atom stereocenters. The number of benzene rings is 4. The molecule has 0 aliphatic heterocycles. The molecule has 0 fully saturated rings. The Kier molecular flexibility index (Phi) is 9.72. The van der Waals surface area contributed by atoms with E-state index < -0.39 is 7.87 Å². The smallest absolute Gasteiger partial charge is 0.404 e. The van der Waals surface area contributed by atoms with Crippen molar-refractivity contribution in [3.63, 3.8) is 0 Å². The van der Waals surface area contributed by atoms with Crippen molar-refractivity contribution < 1.29 is 24.0 Å². The second kappa shape index (κ2) is 12.4. The number of aryl methyl sites for hydroxylation is 4. The van der Waals surface area contributed by atoms with Crippen molar-refractivity contribution in [2.45, 2.75) is 27.7 Å². The zero-order valence-electron chi connectivity index (χ0n) is 23.9. The maximum absolute atomic E-state index is 2.48. The zero-order valence-corrected chi connectivity index (χ0v) is 26.9.